The molecule has 11 heavy (non-hydrogen) atoms. The van der Waals surface area contributed by atoms with Gasteiger partial charge in [-0.05, 0) is 0 Å². The van der Waals surface area contributed by atoms with Crippen LogP contribution in [0.4, 0.5) is 0 Å². The minimum atomic E-state index is -1.06. The monoisotopic (exact) mass is 195 g/mol. The Kier molecular flexibility index (Phi) is 4.02. The van der Waals surface area contributed by atoms with E-state index in [1.54, 1.807) is 0 Å². The molecule has 1 rings (SSSR count). The van der Waals surface area contributed by atoms with Crippen molar-refractivity contribution in [1.82, 2.24) is 4.98 Å². The van der Waals surface area contributed by atoms with Gasteiger partial charge in [0.25, 0.3) is 0 Å². The Morgan fingerprint density at radius 3 is 2.64 bits per heavy atom. The van der Waals surface area contributed by atoms with Crippen LogP contribution in [0.2, 0.25) is 0 Å². The van der Waals surface area contributed by atoms with Crippen molar-refractivity contribution in [3.8, 4) is 0 Å². The van der Waals surface area contributed by atoms with Crippen molar-refractivity contribution in [2.24, 2.45) is 0 Å². The summed E-state index contributed by atoms with van der Waals surface area (Å²) >= 11 is 1.14. The van der Waals surface area contributed by atoms with Gasteiger partial charge >= 0.3 is 5.97 Å². The van der Waals surface area contributed by atoms with Crippen molar-refractivity contribution in [3.05, 3.63) is 16.1 Å². The topological polar surface area (TPSA) is 70.4 Å². The van der Waals surface area contributed by atoms with E-state index >= 15 is 0 Å². The van der Waals surface area contributed by atoms with E-state index in [1.165, 1.54) is 5.38 Å². The van der Waals surface area contributed by atoms with Crippen LogP contribution in [0.5, 0.6) is 0 Å². The van der Waals surface area contributed by atoms with Crippen LogP contribution in [0, 0.1) is 0 Å². The number of carboxylic acid groups (broad SMARTS) is 1. The number of rotatable bonds is 2. The Bertz CT molecular complexity index is 250. The third-order valence-corrected chi connectivity index (χ3v) is 1.74. The van der Waals surface area contributed by atoms with Gasteiger partial charge in [0.1, 0.15) is 5.01 Å². The summed E-state index contributed by atoms with van der Waals surface area (Å²) in [7, 11) is 0. The van der Waals surface area contributed by atoms with Crippen LogP contribution in [-0.4, -0.2) is 21.2 Å². The van der Waals surface area contributed by atoms with Gasteiger partial charge in [-0.3, -0.25) is 0 Å². The second-order valence-electron chi connectivity index (χ2n) is 1.59. The fourth-order valence-electron chi connectivity index (χ4n) is 0.482. The number of carbonyl (C=O) groups is 1. The second-order valence-corrected chi connectivity index (χ2v) is 2.53. The van der Waals surface area contributed by atoms with E-state index in [2.05, 4.69) is 4.98 Å². The zero-order valence-electron chi connectivity index (χ0n) is 5.35. The van der Waals surface area contributed by atoms with E-state index in [0.29, 0.717) is 5.01 Å². The van der Waals surface area contributed by atoms with E-state index in [4.69, 9.17) is 10.2 Å². The van der Waals surface area contributed by atoms with Crippen molar-refractivity contribution in [2.45, 2.75) is 6.61 Å². The molecule has 0 saturated carbocycles. The summed E-state index contributed by atoms with van der Waals surface area (Å²) in [5.41, 5.74) is -0.00551. The minimum Gasteiger partial charge on any atom is -0.476 e. The van der Waals surface area contributed by atoms with Gasteiger partial charge in [-0.25, -0.2) is 9.78 Å². The molecule has 0 bridgehead atoms. The van der Waals surface area contributed by atoms with Gasteiger partial charge in [-0.1, -0.05) is 0 Å². The zero-order valence-corrected chi connectivity index (χ0v) is 6.98. The number of hydrogen-bond acceptors (Lipinski definition) is 4. The van der Waals surface area contributed by atoms with Crippen LogP contribution in [0.3, 0.4) is 0 Å². The summed E-state index contributed by atoms with van der Waals surface area (Å²) in [6, 6.07) is 0. The maximum Gasteiger partial charge on any atom is 0.355 e. The molecular weight excluding hydrogens is 190 g/mol. The zero-order chi connectivity index (χ0) is 7.56. The molecule has 0 saturated heterocycles. The van der Waals surface area contributed by atoms with E-state index < -0.39 is 5.97 Å². The highest BCUT2D eigenvalue weighted by atomic mass is 35.5. The molecule has 6 heteroatoms. The van der Waals surface area contributed by atoms with Crippen LogP contribution in [0.25, 0.3) is 0 Å². The van der Waals surface area contributed by atoms with Crippen LogP contribution in [-0.2, 0) is 6.61 Å². The molecule has 0 atom stereocenters. The molecular formula is C5H6ClNO3S. The van der Waals surface area contributed by atoms with E-state index in [-0.39, 0.29) is 24.7 Å². The van der Waals surface area contributed by atoms with Crippen molar-refractivity contribution >= 4 is 29.7 Å². The van der Waals surface area contributed by atoms with Crippen molar-refractivity contribution in [3.63, 3.8) is 0 Å². The fraction of sp³-hybridized carbons (Fsp3) is 0.200. The lowest BCUT2D eigenvalue weighted by Crippen LogP contribution is -1.96. The van der Waals surface area contributed by atoms with Crippen LogP contribution >= 0.6 is 23.7 Å². The summed E-state index contributed by atoms with van der Waals surface area (Å²) in [5.74, 6) is -1.06. The van der Waals surface area contributed by atoms with Gasteiger partial charge in [-0.2, -0.15) is 0 Å². The summed E-state index contributed by atoms with van der Waals surface area (Å²) in [4.78, 5) is 13.8. The molecule has 0 fully saturated rings. The fourth-order valence-corrected chi connectivity index (χ4v) is 1.11. The van der Waals surface area contributed by atoms with Crippen LogP contribution in [0.15, 0.2) is 5.38 Å². The largest absolute Gasteiger partial charge is 0.476 e. The number of hydrogen-bond donors (Lipinski definition) is 2. The predicted octanol–water partition coefficient (Wildman–Crippen LogP) is 0.755. The highest BCUT2D eigenvalue weighted by molar-refractivity contribution is 7.09. The Morgan fingerprint density at radius 2 is 2.36 bits per heavy atom. The molecule has 1 aromatic rings. The highest BCUT2D eigenvalue weighted by Crippen LogP contribution is 2.08. The molecule has 4 nitrogen and oxygen atoms in total. The molecule has 0 aliphatic heterocycles. The maximum absolute atomic E-state index is 10.2. The smallest absolute Gasteiger partial charge is 0.355 e. The van der Waals surface area contributed by atoms with E-state index in [0.717, 1.165) is 11.3 Å². The Morgan fingerprint density at radius 1 is 1.73 bits per heavy atom. The molecule has 0 amide bonds. The van der Waals surface area contributed by atoms with E-state index in [9.17, 15) is 4.79 Å². The molecule has 2 N–H and O–H groups in total. The standard InChI is InChI=1S/C5H5NO3S.ClH/c7-1-4-6-3(2-10-4)5(8)9;/h2,7H,1H2,(H,8,9);1H. The first-order chi connectivity index (χ1) is 4.74. The first-order valence-electron chi connectivity index (χ1n) is 2.52. The second kappa shape index (κ2) is 4.27. The lowest BCUT2D eigenvalue weighted by Gasteiger charge is -1.82. The molecule has 0 aromatic carbocycles. The summed E-state index contributed by atoms with van der Waals surface area (Å²) in [6.07, 6.45) is 0. The average molecular weight is 196 g/mol. The van der Waals surface area contributed by atoms with Crippen molar-refractivity contribution < 1.29 is 15.0 Å². The molecule has 1 heterocycles. The molecule has 0 aliphatic rings. The number of nitrogens with zero attached hydrogens (tertiary/aromatic N) is 1. The Labute approximate surface area is 72.9 Å². The third kappa shape index (κ3) is 2.45. The Balaban J connectivity index is 0.000001000. The third-order valence-electron chi connectivity index (χ3n) is 0.906. The number of halogens is 1. The maximum atomic E-state index is 10.2. The number of aliphatic hydroxyl groups excluding tert-OH is 1. The summed E-state index contributed by atoms with van der Waals surface area (Å²) < 4.78 is 0. The van der Waals surface area contributed by atoms with Gasteiger partial charge < -0.3 is 10.2 Å². The first kappa shape index (κ1) is 10.3. The predicted molar refractivity (Wildman–Crippen MR) is 42.2 cm³/mol. The van der Waals surface area contributed by atoms with Gasteiger partial charge in [0.2, 0.25) is 0 Å². The number of thiazole rings is 1. The molecule has 0 radical (unpaired) electrons. The van der Waals surface area contributed by atoms with Gasteiger partial charge in [0.15, 0.2) is 5.69 Å². The number of aromatic carboxylic acids is 1. The Hall–Kier alpha value is -0.650. The summed E-state index contributed by atoms with van der Waals surface area (Å²) in [6.45, 7) is -0.196. The van der Waals surface area contributed by atoms with E-state index in [1.807, 2.05) is 0 Å². The molecule has 0 unspecified atom stereocenters. The lowest BCUT2D eigenvalue weighted by molar-refractivity contribution is 0.0691. The minimum absolute atomic E-state index is 0. The number of aliphatic hydroxyl groups is 1. The molecule has 62 valence electrons. The van der Waals surface area contributed by atoms with Gasteiger partial charge in [0, 0.05) is 5.38 Å². The SMILES string of the molecule is Cl.O=C(O)c1csc(CO)n1. The summed E-state index contributed by atoms with van der Waals surface area (Å²) in [5, 5.41) is 18.7. The van der Waals surface area contributed by atoms with Gasteiger partial charge in [-0.15, -0.1) is 23.7 Å². The van der Waals surface area contributed by atoms with Crippen LogP contribution in [0.1, 0.15) is 15.5 Å². The molecule has 0 aliphatic carbocycles. The molecule has 1 aromatic heterocycles. The van der Waals surface area contributed by atoms with Crippen LogP contribution < -0.4 is 0 Å². The highest BCUT2D eigenvalue weighted by Gasteiger charge is 2.06. The normalized spacial score (nSPS) is 8.82. The molecule has 0 spiro atoms. The van der Waals surface area contributed by atoms with Gasteiger partial charge in [0.05, 0.1) is 6.61 Å². The van der Waals surface area contributed by atoms with Crippen molar-refractivity contribution in [2.75, 3.05) is 0 Å². The first-order valence-corrected chi connectivity index (χ1v) is 3.40. The quantitative estimate of drug-likeness (QED) is 0.731. The number of aromatic nitrogens is 1. The number of carboxylic acids is 1. The van der Waals surface area contributed by atoms with Crippen molar-refractivity contribution in [1.29, 1.82) is 0 Å². The average Bonchev–Trinajstić information content (AvgIpc) is 2.34. The lowest BCUT2D eigenvalue weighted by atomic mass is 10.5.